The predicted octanol–water partition coefficient (Wildman–Crippen LogP) is 5.80. The largest absolute Gasteiger partial charge is 0.481 e. The molecule has 2 aromatic heterocycles. The molecule has 0 amide bonds. The van der Waals surface area contributed by atoms with Crippen LogP contribution in [0.3, 0.4) is 0 Å². The lowest BCUT2D eigenvalue weighted by molar-refractivity contribution is -0.139. The van der Waals surface area contributed by atoms with E-state index >= 15 is 0 Å². The van der Waals surface area contributed by atoms with Crippen LogP contribution in [0.1, 0.15) is 50.5 Å². The Kier molecular flexibility index (Phi) is 6.44. The summed E-state index contributed by atoms with van der Waals surface area (Å²) in [6.07, 6.45) is 3.75. The van der Waals surface area contributed by atoms with Gasteiger partial charge in [0, 0.05) is 36.8 Å². The quantitative estimate of drug-likeness (QED) is 0.461. The van der Waals surface area contributed by atoms with Gasteiger partial charge in [0.15, 0.2) is 11.6 Å². The van der Waals surface area contributed by atoms with Crippen molar-refractivity contribution in [2.45, 2.75) is 51.1 Å². The Bertz CT molecular complexity index is 1210. The minimum absolute atomic E-state index is 0.0485. The highest BCUT2D eigenvalue weighted by atomic mass is 19.4. The molecule has 1 spiro atoms. The van der Waals surface area contributed by atoms with Crippen molar-refractivity contribution in [2.24, 2.45) is 11.3 Å². The van der Waals surface area contributed by atoms with Crippen LogP contribution in [0.25, 0.3) is 22.8 Å². The van der Waals surface area contributed by atoms with Crippen molar-refractivity contribution in [1.29, 1.82) is 0 Å². The lowest BCUT2D eigenvalue weighted by atomic mass is 9.65. The first kappa shape index (κ1) is 24.3. The predicted molar refractivity (Wildman–Crippen MR) is 128 cm³/mol. The zero-order valence-corrected chi connectivity index (χ0v) is 19.8. The van der Waals surface area contributed by atoms with Crippen molar-refractivity contribution in [3.8, 4) is 22.8 Å². The van der Waals surface area contributed by atoms with Gasteiger partial charge in [0.1, 0.15) is 5.82 Å². The van der Waals surface area contributed by atoms with Gasteiger partial charge in [-0.05, 0) is 68.1 Å². The number of pyridine rings is 1. The summed E-state index contributed by atoms with van der Waals surface area (Å²) in [5.74, 6) is 0.802. The maximum atomic E-state index is 13.4. The zero-order valence-electron chi connectivity index (χ0n) is 19.8. The molecule has 1 aliphatic heterocycles. The van der Waals surface area contributed by atoms with Gasteiger partial charge in [0.25, 0.3) is 0 Å². The van der Waals surface area contributed by atoms with E-state index < -0.39 is 17.7 Å². The molecule has 0 atom stereocenters. The fourth-order valence-electron chi connectivity index (χ4n) is 5.60. The summed E-state index contributed by atoms with van der Waals surface area (Å²) in [5, 5.41) is 15.8. The number of rotatable bonds is 5. The van der Waals surface area contributed by atoms with Crippen molar-refractivity contribution in [1.82, 2.24) is 20.2 Å². The number of carboxylic acids is 1. The van der Waals surface area contributed by atoms with Crippen LogP contribution in [0.4, 0.5) is 19.0 Å². The van der Waals surface area contributed by atoms with Crippen molar-refractivity contribution in [3.63, 3.8) is 0 Å². The number of anilines is 1. The second-order valence-corrected chi connectivity index (χ2v) is 9.98. The molecule has 3 aromatic rings. The normalized spacial score (nSPS) is 18.5. The number of aromatic amines is 1. The maximum absolute atomic E-state index is 13.4. The SMILES string of the molecule is O=C(O)CC1CCC2(CC1)CCN(c1ccc(-c3n[nH]c(-c4ccccc4C(F)(F)F)n3)cn1)CC2. The topological polar surface area (TPSA) is 95.0 Å². The molecule has 36 heavy (non-hydrogen) atoms. The van der Waals surface area contributed by atoms with Crippen molar-refractivity contribution < 1.29 is 23.1 Å². The molecule has 1 saturated heterocycles. The van der Waals surface area contributed by atoms with E-state index in [1.54, 1.807) is 6.20 Å². The summed E-state index contributed by atoms with van der Waals surface area (Å²) in [6, 6.07) is 9.02. The molecular weight excluding hydrogens is 471 g/mol. The fraction of sp³-hybridized carbons (Fsp3) is 0.462. The molecule has 190 valence electrons. The van der Waals surface area contributed by atoms with Gasteiger partial charge in [-0.1, -0.05) is 18.2 Å². The molecule has 3 heterocycles. The molecule has 0 bridgehead atoms. The Balaban J connectivity index is 1.23. The number of hydrogen-bond acceptors (Lipinski definition) is 5. The number of carboxylic acid groups (broad SMARTS) is 1. The Morgan fingerprint density at radius 1 is 1.08 bits per heavy atom. The second-order valence-electron chi connectivity index (χ2n) is 9.98. The monoisotopic (exact) mass is 499 g/mol. The maximum Gasteiger partial charge on any atom is 0.417 e. The Hall–Kier alpha value is -3.43. The average molecular weight is 500 g/mol. The van der Waals surface area contributed by atoms with E-state index in [1.807, 2.05) is 12.1 Å². The molecule has 7 nitrogen and oxygen atoms in total. The van der Waals surface area contributed by atoms with Crippen molar-refractivity contribution >= 4 is 11.8 Å². The number of benzene rings is 1. The van der Waals surface area contributed by atoms with E-state index in [0.717, 1.165) is 63.5 Å². The molecule has 2 N–H and O–H groups in total. The Morgan fingerprint density at radius 2 is 1.81 bits per heavy atom. The Morgan fingerprint density at radius 3 is 2.44 bits per heavy atom. The van der Waals surface area contributed by atoms with E-state index in [4.69, 9.17) is 5.11 Å². The van der Waals surface area contributed by atoms with E-state index in [-0.39, 0.29) is 23.6 Å². The molecule has 5 rings (SSSR count). The first-order chi connectivity index (χ1) is 17.2. The van der Waals surface area contributed by atoms with E-state index in [1.165, 1.54) is 18.2 Å². The average Bonchev–Trinajstić information content (AvgIpc) is 3.36. The van der Waals surface area contributed by atoms with E-state index in [0.29, 0.717) is 16.9 Å². The highest BCUT2D eigenvalue weighted by Crippen LogP contribution is 2.47. The van der Waals surface area contributed by atoms with Gasteiger partial charge in [-0.2, -0.15) is 18.3 Å². The van der Waals surface area contributed by atoms with E-state index in [9.17, 15) is 18.0 Å². The third-order valence-electron chi connectivity index (χ3n) is 7.76. The minimum atomic E-state index is -4.49. The first-order valence-corrected chi connectivity index (χ1v) is 12.2. The van der Waals surface area contributed by atoms with Crippen LogP contribution in [0, 0.1) is 11.3 Å². The molecule has 10 heteroatoms. The number of alkyl halides is 3. The Labute approximate surface area is 206 Å². The standard InChI is InChI=1S/C26H28F3N5O2/c27-26(28,29)20-4-2-1-3-19(20)24-31-23(32-33-24)18-5-6-21(30-16-18)34-13-11-25(12-14-34)9-7-17(8-10-25)15-22(35)36/h1-6,16-17H,7-15H2,(H,35,36)(H,31,32,33). The summed E-state index contributed by atoms with van der Waals surface area (Å²) in [5.41, 5.74) is 0.121. The van der Waals surface area contributed by atoms with Gasteiger partial charge in [-0.25, -0.2) is 9.97 Å². The van der Waals surface area contributed by atoms with Gasteiger partial charge in [0.05, 0.1) is 5.56 Å². The van der Waals surface area contributed by atoms with Crippen LogP contribution in [0.5, 0.6) is 0 Å². The number of H-pyrrole nitrogens is 1. The molecule has 2 aliphatic rings. The van der Waals surface area contributed by atoms with E-state index in [2.05, 4.69) is 25.1 Å². The lowest BCUT2D eigenvalue weighted by Gasteiger charge is -2.46. The zero-order chi connectivity index (χ0) is 25.3. The first-order valence-electron chi connectivity index (χ1n) is 12.2. The molecular formula is C26H28F3N5O2. The van der Waals surface area contributed by atoms with Gasteiger partial charge < -0.3 is 10.0 Å². The number of aromatic nitrogens is 4. The molecule has 0 unspecified atom stereocenters. The molecule has 2 fully saturated rings. The number of hydrogen-bond donors (Lipinski definition) is 2. The number of carbonyl (C=O) groups is 1. The number of piperidine rings is 1. The van der Waals surface area contributed by atoms with Gasteiger partial charge in [-0.3, -0.25) is 9.89 Å². The van der Waals surface area contributed by atoms with Gasteiger partial charge in [-0.15, -0.1) is 0 Å². The minimum Gasteiger partial charge on any atom is -0.481 e. The lowest BCUT2D eigenvalue weighted by Crippen LogP contribution is -2.42. The van der Waals surface area contributed by atoms with Crippen LogP contribution in [0.15, 0.2) is 42.6 Å². The van der Waals surface area contributed by atoms with Crippen molar-refractivity contribution in [2.75, 3.05) is 18.0 Å². The summed E-state index contributed by atoms with van der Waals surface area (Å²) in [6.45, 7) is 1.80. The number of aliphatic carboxylic acids is 1. The van der Waals surface area contributed by atoms with Crippen LogP contribution in [-0.2, 0) is 11.0 Å². The van der Waals surface area contributed by atoms with Crippen LogP contribution in [0.2, 0.25) is 0 Å². The highest BCUT2D eigenvalue weighted by molar-refractivity contribution is 5.67. The molecule has 1 aliphatic carbocycles. The van der Waals surface area contributed by atoms with Gasteiger partial charge >= 0.3 is 12.1 Å². The molecule has 1 aromatic carbocycles. The van der Waals surface area contributed by atoms with Crippen LogP contribution in [-0.4, -0.2) is 44.3 Å². The summed E-state index contributed by atoms with van der Waals surface area (Å²) in [7, 11) is 0. The number of halogens is 3. The highest BCUT2D eigenvalue weighted by Gasteiger charge is 2.38. The summed E-state index contributed by atoms with van der Waals surface area (Å²) in [4.78, 5) is 22.1. The number of nitrogens with one attached hydrogen (secondary N) is 1. The number of nitrogens with zero attached hydrogens (tertiary/aromatic N) is 4. The second kappa shape index (κ2) is 9.55. The van der Waals surface area contributed by atoms with Crippen LogP contribution < -0.4 is 4.90 Å². The summed E-state index contributed by atoms with van der Waals surface area (Å²) >= 11 is 0. The third-order valence-corrected chi connectivity index (χ3v) is 7.76. The van der Waals surface area contributed by atoms with Gasteiger partial charge in [0.2, 0.25) is 0 Å². The summed E-state index contributed by atoms with van der Waals surface area (Å²) < 4.78 is 40.1. The molecule has 0 radical (unpaired) electrons. The molecule has 1 saturated carbocycles. The van der Waals surface area contributed by atoms with Crippen molar-refractivity contribution in [3.05, 3.63) is 48.2 Å². The fourth-order valence-corrected chi connectivity index (χ4v) is 5.60. The smallest absolute Gasteiger partial charge is 0.417 e. The third kappa shape index (κ3) is 5.08. The van der Waals surface area contributed by atoms with Crippen LogP contribution >= 0.6 is 0 Å².